The Labute approximate surface area is 111 Å². The van der Waals surface area contributed by atoms with Crippen molar-refractivity contribution >= 4 is 0 Å². The Morgan fingerprint density at radius 3 is 2.58 bits per heavy atom. The van der Waals surface area contributed by atoms with Gasteiger partial charge in [-0.3, -0.25) is 0 Å². The molecule has 0 N–H and O–H groups in total. The van der Waals surface area contributed by atoms with Gasteiger partial charge in [-0.05, 0) is 44.7 Å². The number of rotatable bonds is 2. The van der Waals surface area contributed by atoms with E-state index in [1.165, 1.54) is 18.2 Å². The maximum atomic E-state index is 13.7. The number of benzene rings is 1. The Bertz CT molecular complexity index is 597. The average Bonchev–Trinajstić information content (AvgIpc) is 2.70. The fourth-order valence-electron chi connectivity index (χ4n) is 2.79. The van der Waals surface area contributed by atoms with Crippen LogP contribution in [0.1, 0.15) is 35.6 Å². The number of hydrogen-bond donors (Lipinski definition) is 0. The lowest BCUT2D eigenvalue weighted by Crippen LogP contribution is -2.12. The second-order valence-electron chi connectivity index (χ2n) is 5.05. The van der Waals surface area contributed by atoms with E-state index in [0.29, 0.717) is 0 Å². The molecule has 0 saturated heterocycles. The summed E-state index contributed by atoms with van der Waals surface area (Å²) in [6, 6.07) is 4.00. The van der Waals surface area contributed by atoms with Gasteiger partial charge >= 0.3 is 0 Å². The van der Waals surface area contributed by atoms with E-state index in [1.807, 2.05) is 11.5 Å². The van der Waals surface area contributed by atoms with Crippen molar-refractivity contribution in [2.24, 2.45) is 0 Å². The van der Waals surface area contributed by atoms with Crippen LogP contribution in [0.2, 0.25) is 0 Å². The van der Waals surface area contributed by atoms with Gasteiger partial charge in [-0.15, -0.1) is 0 Å². The van der Waals surface area contributed by atoms with Gasteiger partial charge in [0.1, 0.15) is 17.5 Å². The number of imidazole rings is 1. The zero-order valence-electron chi connectivity index (χ0n) is 10.9. The summed E-state index contributed by atoms with van der Waals surface area (Å²) in [6.07, 6.45) is 4.20. The third-order valence-electron chi connectivity index (χ3n) is 3.80. The lowest BCUT2D eigenvalue weighted by atomic mass is 10.0. The summed E-state index contributed by atoms with van der Waals surface area (Å²) in [6.45, 7) is 2.13. The summed E-state index contributed by atoms with van der Waals surface area (Å²) >= 11 is 0. The standard InChI is InChI=1S/C15H16F2N2/c1-10-18-14-7-2-3-8-15(14)19(10)9-11-12(16)5-4-6-13(11)17/h4-6H,2-3,7-9H2,1H3. The lowest BCUT2D eigenvalue weighted by Gasteiger charge is -2.15. The highest BCUT2D eigenvalue weighted by molar-refractivity contribution is 5.25. The van der Waals surface area contributed by atoms with Crippen LogP contribution in [0.5, 0.6) is 0 Å². The fraction of sp³-hybridized carbons (Fsp3) is 0.400. The highest BCUT2D eigenvalue weighted by Gasteiger charge is 2.19. The van der Waals surface area contributed by atoms with Crippen LogP contribution in [-0.4, -0.2) is 9.55 Å². The van der Waals surface area contributed by atoms with E-state index in [4.69, 9.17) is 0 Å². The first kappa shape index (κ1) is 12.3. The third kappa shape index (κ3) is 2.15. The monoisotopic (exact) mass is 262 g/mol. The molecule has 0 bridgehead atoms. The first-order valence-electron chi connectivity index (χ1n) is 6.64. The largest absolute Gasteiger partial charge is 0.327 e. The molecule has 4 heteroatoms. The molecule has 0 amide bonds. The topological polar surface area (TPSA) is 17.8 Å². The molecule has 3 rings (SSSR count). The fourth-order valence-corrected chi connectivity index (χ4v) is 2.79. The predicted molar refractivity (Wildman–Crippen MR) is 69.1 cm³/mol. The summed E-state index contributed by atoms with van der Waals surface area (Å²) < 4.78 is 29.4. The average molecular weight is 262 g/mol. The molecule has 0 aliphatic heterocycles. The van der Waals surface area contributed by atoms with Gasteiger partial charge < -0.3 is 4.57 Å². The molecule has 1 aromatic carbocycles. The Morgan fingerprint density at radius 1 is 1.16 bits per heavy atom. The molecule has 1 aliphatic rings. The van der Waals surface area contributed by atoms with Gasteiger partial charge in [0.05, 0.1) is 12.2 Å². The predicted octanol–water partition coefficient (Wildman–Crippen LogP) is 3.40. The molecule has 2 nitrogen and oxygen atoms in total. The molecule has 2 aromatic rings. The molecule has 0 saturated carbocycles. The van der Waals surface area contributed by atoms with Crippen molar-refractivity contribution in [1.82, 2.24) is 9.55 Å². The molecule has 1 aliphatic carbocycles. The van der Waals surface area contributed by atoms with Crippen molar-refractivity contribution in [1.29, 1.82) is 0 Å². The minimum absolute atomic E-state index is 0.122. The first-order valence-corrected chi connectivity index (χ1v) is 6.64. The summed E-state index contributed by atoms with van der Waals surface area (Å²) in [5.41, 5.74) is 2.36. The van der Waals surface area contributed by atoms with Crippen molar-refractivity contribution in [3.63, 3.8) is 0 Å². The first-order chi connectivity index (χ1) is 9.16. The maximum absolute atomic E-state index is 13.7. The molecule has 0 atom stereocenters. The van der Waals surface area contributed by atoms with E-state index in [-0.39, 0.29) is 12.1 Å². The van der Waals surface area contributed by atoms with Crippen LogP contribution >= 0.6 is 0 Å². The Morgan fingerprint density at radius 2 is 1.84 bits per heavy atom. The summed E-state index contributed by atoms with van der Waals surface area (Å²) in [7, 11) is 0. The van der Waals surface area contributed by atoms with Gasteiger partial charge in [0, 0.05) is 11.3 Å². The molecule has 0 unspecified atom stereocenters. The van der Waals surface area contributed by atoms with Crippen LogP contribution in [0.3, 0.4) is 0 Å². The summed E-state index contributed by atoms with van der Waals surface area (Å²) in [4.78, 5) is 4.52. The van der Waals surface area contributed by atoms with E-state index in [2.05, 4.69) is 4.98 Å². The van der Waals surface area contributed by atoms with E-state index in [1.54, 1.807) is 0 Å². The molecule has 1 heterocycles. The molecule has 0 fully saturated rings. The minimum Gasteiger partial charge on any atom is -0.327 e. The van der Waals surface area contributed by atoms with Crippen LogP contribution in [0.15, 0.2) is 18.2 Å². The maximum Gasteiger partial charge on any atom is 0.131 e. The van der Waals surface area contributed by atoms with Crippen molar-refractivity contribution in [2.45, 2.75) is 39.2 Å². The Hall–Kier alpha value is -1.71. The van der Waals surface area contributed by atoms with Gasteiger partial charge in [0.25, 0.3) is 0 Å². The van der Waals surface area contributed by atoms with Crippen molar-refractivity contribution in [3.05, 3.63) is 52.6 Å². The lowest BCUT2D eigenvalue weighted by molar-refractivity contribution is 0.534. The van der Waals surface area contributed by atoms with Gasteiger partial charge in [0.15, 0.2) is 0 Å². The minimum atomic E-state index is -0.488. The van der Waals surface area contributed by atoms with E-state index in [0.717, 1.165) is 42.9 Å². The van der Waals surface area contributed by atoms with Gasteiger partial charge in [-0.1, -0.05) is 6.07 Å². The number of hydrogen-bond acceptors (Lipinski definition) is 1. The molecule has 0 spiro atoms. The zero-order chi connectivity index (χ0) is 13.4. The Kier molecular flexibility index (Phi) is 3.09. The molecule has 1 aromatic heterocycles. The number of nitrogens with zero attached hydrogens (tertiary/aromatic N) is 2. The smallest absolute Gasteiger partial charge is 0.131 e. The van der Waals surface area contributed by atoms with E-state index >= 15 is 0 Å². The van der Waals surface area contributed by atoms with Gasteiger partial charge in [-0.25, -0.2) is 13.8 Å². The summed E-state index contributed by atoms with van der Waals surface area (Å²) in [5.74, 6) is -0.134. The molecule has 19 heavy (non-hydrogen) atoms. The van der Waals surface area contributed by atoms with Crippen LogP contribution in [0.25, 0.3) is 0 Å². The van der Waals surface area contributed by atoms with Crippen molar-refractivity contribution in [3.8, 4) is 0 Å². The van der Waals surface area contributed by atoms with Crippen LogP contribution in [-0.2, 0) is 19.4 Å². The highest BCUT2D eigenvalue weighted by atomic mass is 19.1. The van der Waals surface area contributed by atoms with Gasteiger partial charge in [-0.2, -0.15) is 0 Å². The summed E-state index contributed by atoms with van der Waals surface area (Å²) in [5, 5.41) is 0. The van der Waals surface area contributed by atoms with Crippen molar-refractivity contribution < 1.29 is 8.78 Å². The quantitative estimate of drug-likeness (QED) is 0.811. The van der Waals surface area contributed by atoms with Crippen LogP contribution in [0, 0.1) is 18.6 Å². The van der Waals surface area contributed by atoms with Crippen LogP contribution < -0.4 is 0 Å². The molecule has 100 valence electrons. The third-order valence-corrected chi connectivity index (χ3v) is 3.80. The van der Waals surface area contributed by atoms with E-state index in [9.17, 15) is 8.78 Å². The molecular weight excluding hydrogens is 246 g/mol. The highest BCUT2D eigenvalue weighted by Crippen LogP contribution is 2.24. The Balaban J connectivity index is 2.02. The van der Waals surface area contributed by atoms with Crippen LogP contribution in [0.4, 0.5) is 8.78 Å². The number of aromatic nitrogens is 2. The van der Waals surface area contributed by atoms with Gasteiger partial charge in [0.2, 0.25) is 0 Å². The second-order valence-corrected chi connectivity index (χ2v) is 5.05. The molecule has 0 radical (unpaired) electrons. The number of fused-ring (bicyclic) bond motifs is 1. The number of aryl methyl sites for hydroxylation is 2. The van der Waals surface area contributed by atoms with E-state index < -0.39 is 11.6 Å². The molecular formula is C15H16F2N2. The SMILES string of the molecule is Cc1nc2c(n1Cc1c(F)cccc1F)CCCC2. The van der Waals surface area contributed by atoms with Crippen molar-refractivity contribution in [2.75, 3.05) is 0 Å². The normalized spacial score (nSPS) is 14.5. The zero-order valence-corrected chi connectivity index (χ0v) is 10.9. The second kappa shape index (κ2) is 4.76. The number of halogens is 2.